The monoisotopic (exact) mass is 286 g/mol. The topological polar surface area (TPSA) is 104 Å². The van der Waals surface area contributed by atoms with Gasteiger partial charge in [-0.1, -0.05) is 0 Å². The minimum absolute atomic E-state index is 0.0614. The van der Waals surface area contributed by atoms with E-state index in [0.717, 1.165) is 6.07 Å². The van der Waals surface area contributed by atoms with Gasteiger partial charge < -0.3 is 15.1 Å². The maximum atomic E-state index is 13.8. The van der Waals surface area contributed by atoms with E-state index in [1.165, 1.54) is 11.9 Å². The number of aliphatic hydroxyl groups excluding tert-OH is 1. The molecule has 0 aliphatic heterocycles. The Morgan fingerprint density at radius 1 is 1.55 bits per heavy atom. The number of nitro benzene ring substituents is 1. The molecule has 0 aliphatic rings. The Labute approximate surface area is 114 Å². The second kappa shape index (κ2) is 6.29. The summed E-state index contributed by atoms with van der Waals surface area (Å²) < 4.78 is 13.8. The summed E-state index contributed by atoms with van der Waals surface area (Å²) in [6.07, 6.45) is -0.229. The van der Waals surface area contributed by atoms with Gasteiger partial charge in [0.05, 0.1) is 22.8 Å². The van der Waals surface area contributed by atoms with Crippen LogP contribution in [0.3, 0.4) is 0 Å². The quantitative estimate of drug-likeness (QED) is 0.608. The first kappa shape index (κ1) is 15.8. The third kappa shape index (κ3) is 3.64. The molecule has 1 aromatic rings. The molecule has 0 spiro atoms. The number of nitrogens with zero attached hydrogens (tertiary/aromatic N) is 2. The number of benzene rings is 1. The number of aromatic carboxylic acids is 1. The lowest BCUT2D eigenvalue weighted by Gasteiger charge is -2.21. The molecular weight excluding hydrogens is 271 g/mol. The fourth-order valence-electron chi connectivity index (χ4n) is 1.67. The van der Waals surface area contributed by atoms with Gasteiger partial charge in [0.25, 0.3) is 5.69 Å². The van der Waals surface area contributed by atoms with Gasteiger partial charge in [-0.05, 0) is 19.4 Å². The van der Waals surface area contributed by atoms with E-state index in [4.69, 9.17) is 5.11 Å². The number of aliphatic hydroxyl groups is 1. The van der Waals surface area contributed by atoms with E-state index >= 15 is 0 Å². The van der Waals surface area contributed by atoms with Crippen molar-refractivity contribution < 1.29 is 24.3 Å². The number of hydrogen-bond acceptors (Lipinski definition) is 5. The lowest BCUT2D eigenvalue weighted by atomic mass is 10.1. The zero-order chi connectivity index (χ0) is 15.4. The SMILES string of the molecule is CC(O)CCN(C)c1cc(C(=O)O)c([N+](=O)[O-])cc1F. The molecule has 8 heteroatoms. The van der Waals surface area contributed by atoms with Crippen LogP contribution in [0.5, 0.6) is 0 Å². The van der Waals surface area contributed by atoms with Crippen LogP contribution in [0.1, 0.15) is 23.7 Å². The number of nitro groups is 1. The van der Waals surface area contributed by atoms with Gasteiger partial charge in [-0.15, -0.1) is 0 Å². The Morgan fingerprint density at radius 3 is 2.60 bits per heavy atom. The number of rotatable bonds is 6. The number of carboxylic acid groups (broad SMARTS) is 1. The molecule has 0 amide bonds. The molecule has 0 saturated heterocycles. The van der Waals surface area contributed by atoms with E-state index in [-0.39, 0.29) is 12.2 Å². The van der Waals surface area contributed by atoms with Crippen molar-refractivity contribution in [2.24, 2.45) is 0 Å². The maximum Gasteiger partial charge on any atom is 0.342 e. The highest BCUT2D eigenvalue weighted by Gasteiger charge is 2.24. The molecular formula is C12H15FN2O5. The third-order valence-electron chi connectivity index (χ3n) is 2.79. The van der Waals surface area contributed by atoms with E-state index in [9.17, 15) is 24.4 Å². The first-order chi connectivity index (χ1) is 9.23. The molecule has 7 nitrogen and oxygen atoms in total. The number of carboxylic acids is 1. The van der Waals surface area contributed by atoms with Gasteiger partial charge >= 0.3 is 5.97 Å². The van der Waals surface area contributed by atoms with Crippen molar-refractivity contribution in [3.63, 3.8) is 0 Å². The van der Waals surface area contributed by atoms with Gasteiger partial charge in [-0.3, -0.25) is 10.1 Å². The standard InChI is InChI=1S/C12H15FN2O5/c1-7(16)3-4-14(2)11-5-8(12(17)18)10(15(19)20)6-9(11)13/h5-7,16H,3-4H2,1-2H3,(H,17,18). The van der Waals surface area contributed by atoms with Crippen molar-refractivity contribution in [2.75, 3.05) is 18.5 Å². The van der Waals surface area contributed by atoms with E-state index in [1.807, 2.05) is 0 Å². The minimum atomic E-state index is -1.50. The molecule has 0 aliphatic carbocycles. The van der Waals surface area contributed by atoms with Gasteiger partial charge in [-0.25, -0.2) is 9.18 Å². The fourth-order valence-corrected chi connectivity index (χ4v) is 1.67. The van der Waals surface area contributed by atoms with Crippen LogP contribution < -0.4 is 4.90 Å². The van der Waals surface area contributed by atoms with Crippen LogP contribution in [-0.4, -0.2) is 40.8 Å². The lowest BCUT2D eigenvalue weighted by molar-refractivity contribution is -0.385. The predicted octanol–water partition coefficient (Wildman–Crippen LogP) is 1.64. The largest absolute Gasteiger partial charge is 0.477 e. The average molecular weight is 286 g/mol. The Bertz CT molecular complexity index is 533. The average Bonchev–Trinajstić information content (AvgIpc) is 2.34. The van der Waals surface area contributed by atoms with Crippen molar-refractivity contribution in [1.29, 1.82) is 0 Å². The van der Waals surface area contributed by atoms with Crippen LogP contribution in [0.4, 0.5) is 15.8 Å². The van der Waals surface area contributed by atoms with Gasteiger partial charge in [0.15, 0.2) is 5.82 Å². The molecule has 1 rings (SSSR count). The third-order valence-corrected chi connectivity index (χ3v) is 2.79. The van der Waals surface area contributed by atoms with E-state index in [1.54, 1.807) is 6.92 Å². The molecule has 0 radical (unpaired) electrons. The van der Waals surface area contributed by atoms with Crippen LogP contribution >= 0.6 is 0 Å². The summed E-state index contributed by atoms with van der Waals surface area (Å²) in [7, 11) is 1.51. The Kier molecular flexibility index (Phi) is 4.98. The highest BCUT2D eigenvalue weighted by atomic mass is 19.1. The molecule has 2 N–H and O–H groups in total. The van der Waals surface area contributed by atoms with E-state index in [0.29, 0.717) is 12.5 Å². The molecule has 20 heavy (non-hydrogen) atoms. The van der Waals surface area contributed by atoms with Crippen LogP contribution in [0.25, 0.3) is 0 Å². The zero-order valence-electron chi connectivity index (χ0n) is 11.0. The molecule has 1 atom stereocenters. The smallest absolute Gasteiger partial charge is 0.342 e. The van der Waals surface area contributed by atoms with Crippen molar-refractivity contribution in [2.45, 2.75) is 19.4 Å². The Hall–Kier alpha value is -2.22. The summed E-state index contributed by atoms with van der Waals surface area (Å²) >= 11 is 0. The number of anilines is 1. The van der Waals surface area contributed by atoms with Gasteiger partial charge in [0.1, 0.15) is 5.56 Å². The summed E-state index contributed by atoms with van der Waals surface area (Å²) in [6, 6.07) is 1.52. The summed E-state index contributed by atoms with van der Waals surface area (Å²) in [5, 5.41) is 28.8. The highest BCUT2D eigenvalue weighted by molar-refractivity contribution is 5.93. The number of carbonyl (C=O) groups is 1. The maximum absolute atomic E-state index is 13.8. The second-order valence-corrected chi connectivity index (χ2v) is 4.44. The summed E-state index contributed by atoms with van der Waals surface area (Å²) in [6.45, 7) is 1.86. The number of hydrogen-bond donors (Lipinski definition) is 2. The van der Waals surface area contributed by atoms with Gasteiger partial charge in [0, 0.05) is 13.6 Å². The Morgan fingerprint density at radius 2 is 2.15 bits per heavy atom. The summed E-state index contributed by atoms with van der Waals surface area (Å²) in [5.74, 6) is -2.38. The summed E-state index contributed by atoms with van der Waals surface area (Å²) in [5.41, 5.74) is -1.42. The van der Waals surface area contributed by atoms with Crippen LogP contribution in [0, 0.1) is 15.9 Å². The van der Waals surface area contributed by atoms with Crippen LogP contribution in [0.15, 0.2) is 12.1 Å². The van der Waals surface area contributed by atoms with Crippen molar-refractivity contribution in [3.05, 3.63) is 33.6 Å². The molecule has 0 heterocycles. The van der Waals surface area contributed by atoms with Crippen molar-refractivity contribution in [3.8, 4) is 0 Å². The predicted molar refractivity (Wildman–Crippen MR) is 69.6 cm³/mol. The number of halogens is 1. The minimum Gasteiger partial charge on any atom is -0.477 e. The lowest BCUT2D eigenvalue weighted by Crippen LogP contribution is -2.23. The fraction of sp³-hybridized carbons (Fsp3) is 0.417. The van der Waals surface area contributed by atoms with Crippen molar-refractivity contribution in [1.82, 2.24) is 0 Å². The molecule has 1 unspecified atom stereocenters. The normalized spacial score (nSPS) is 12.0. The molecule has 110 valence electrons. The zero-order valence-corrected chi connectivity index (χ0v) is 11.0. The molecule has 0 fully saturated rings. The second-order valence-electron chi connectivity index (χ2n) is 4.44. The molecule has 0 bridgehead atoms. The van der Waals surface area contributed by atoms with Gasteiger partial charge in [0.2, 0.25) is 0 Å². The Balaban J connectivity index is 3.18. The van der Waals surface area contributed by atoms with E-state index in [2.05, 4.69) is 0 Å². The van der Waals surface area contributed by atoms with Crippen LogP contribution in [0.2, 0.25) is 0 Å². The highest BCUT2D eigenvalue weighted by Crippen LogP contribution is 2.28. The molecule has 1 aromatic carbocycles. The molecule has 0 saturated carbocycles. The van der Waals surface area contributed by atoms with Crippen molar-refractivity contribution >= 4 is 17.3 Å². The molecule has 0 aromatic heterocycles. The first-order valence-electron chi connectivity index (χ1n) is 5.84. The first-order valence-corrected chi connectivity index (χ1v) is 5.84. The van der Waals surface area contributed by atoms with E-state index < -0.39 is 34.1 Å². The van der Waals surface area contributed by atoms with Gasteiger partial charge in [-0.2, -0.15) is 0 Å². The summed E-state index contributed by atoms with van der Waals surface area (Å²) in [4.78, 5) is 22.2. The van der Waals surface area contributed by atoms with Crippen LogP contribution in [-0.2, 0) is 0 Å².